The summed E-state index contributed by atoms with van der Waals surface area (Å²) in [5.74, 6) is 0. The van der Waals surface area contributed by atoms with Gasteiger partial charge in [0.15, 0.2) is 0 Å². The summed E-state index contributed by atoms with van der Waals surface area (Å²) in [4.78, 5) is 0. The van der Waals surface area contributed by atoms with Crippen molar-refractivity contribution in [1.29, 1.82) is 0 Å². The van der Waals surface area contributed by atoms with E-state index < -0.39 is 17.8 Å². The second kappa shape index (κ2) is 6.09. The smallest absolute Gasteiger partial charge is 0.392 e. The molecular weight excluding hydrogens is 265 g/mol. The highest BCUT2D eigenvalue weighted by molar-refractivity contribution is 5.25. The molecule has 0 amide bonds. The van der Waals surface area contributed by atoms with Crippen molar-refractivity contribution in [2.45, 2.75) is 25.1 Å². The highest BCUT2D eigenvalue weighted by Gasteiger charge is 2.29. The maximum absolute atomic E-state index is 12.4. The maximum Gasteiger partial charge on any atom is 0.416 e. The molecule has 1 unspecified atom stereocenters. The lowest BCUT2D eigenvalue weighted by Crippen LogP contribution is -2.14. The van der Waals surface area contributed by atoms with Crippen LogP contribution in [0.1, 0.15) is 16.7 Å². The van der Waals surface area contributed by atoms with Crippen LogP contribution in [0.2, 0.25) is 0 Å². The number of aliphatic hydroxyl groups excluding tert-OH is 1. The zero-order valence-electron chi connectivity index (χ0n) is 10.8. The minimum atomic E-state index is -4.32. The third kappa shape index (κ3) is 4.10. The van der Waals surface area contributed by atoms with Gasteiger partial charge in [-0.05, 0) is 36.1 Å². The monoisotopic (exact) mass is 280 g/mol. The zero-order valence-corrected chi connectivity index (χ0v) is 10.8. The van der Waals surface area contributed by atoms with E-state index in [1.807, 2.05) is 30.3 Å². The summed E-state index contributed by atoms with van der Waals surface area (Å²) >= 11 is 0. The summed E-state index contributed by atoms with van der Waals surface area (Å²) in [5, 5.41) is 9.96. The zero-order chi connectivity index (χ0) is 14.6. The summed E-state index contributed by atoms with van der Waals surface area (Å²) in [6.07, 6.45) is -4.09. The number of halogens is 3. The molecule has 20 heavy (non-hydrogen) atoms. The fourth-order valence-corrected chi connectivity index (χ4v) is 2.06. The first-order valence-electron chi connectivity index (χ1n) is 6.33. The molecule has 2 aromatic carbocycles. The van der Waals surface area contributed by atoms with Crippen LogP contribution in [0.3, 0.4) is 0 Å². The highest BCUT2D eigenvalue weighted by Crippen LogP contribution is 2.29. The molecule has 0 aliphatic carbocycles. The summed E-state index contributed by atoms with van der Waals surface area (Å²) in [7, 11) is 0. The van der Waals surface area contributed by atoms with E-state index in [0.717, 1.165) is 17.7 Å². The van der Waals surface area contributed by atoms with Crippen molar-refractivity contribution in [3.63, 3.8) is 0 Å². The third-order valence-electron chi connectivity index (χ3n) is 3.07. The molecule has 0 aliphatic heterocycles. The quantitative estimate of drug-likeness (QED) is 0.902. The van der Waals surface area contributed by atoms with Crippen LogP contribution in [-0.2, 0) is 19.0 Å². The SMILES string of the molecule is OC(Cc1ccccc1)Cc1ccc(C(F)(F)F)cc1. The van der Waals surface area contributed by atoms with Gasteiger partial charge >= 0.3 is 6.18 Å². The molecule has 0 aliphatic rings. The average Bonchev–Trinajstić information content (AvgIpc) is 2.39. The molecule has 4 heteroatoms. The Kier molecular flexibility index (Phi) is 4.45. The second-order valence-electron chi connectivity index (χ2n) is 4.74. The van der Waals surface area contributed by atoms with Crippen LogP contribution >= 0.6 is 0 Å². The van der Waals surface area contributed by atoms with E-state index >= 15 is 0 Å². The van der Waals surface area contributed by atoms with Crippen molar-refractivity contribution in [2.75, 3.05) is 0 Å². The van der Waals surface area contributed by atoms with E-state index in [2.05, 4.69) is 0 Å². The van der Waals surface area contributed by atoms with Gasteiger partial charge in [-0.2, -0.15) is 13.2 Å². The molecule has 0 saturated carbocycles. The van der Waals surface area contributed by atoms with Crippen LogP contribution in [0.5, 0.6) is 0 Å². The first-order chi connectivity index (χ1) is 9.45. The molecule has 2 rings (SSSR count). The lowest BCUT2D eigenvalue weighted by molar-refractivity contribution is -0.137. The lowest BCUT2D eigenvalue weighted by atomic mass is 10.0. The summed E-state index contributed by atoms with van der Waals surface area (Å²) < 4.78 is 37.3. The Balaban J connectivity index is 1.96. The number of alkyl halides is 3. The van der Waals surface area contributed by atoms with Crippen LogP contribution in [0.25, 0.3) is 0 Å². The van der Waals surface area contributed by atoms with E-state index in [1.54, 1.807) is 0 Å². The predicted octanol–water partition coefficient (Wildman–Crippen LogP) is 3.85. The summed E-state index contributed by atoms with van der Waals surface area (Å²) in [6, 6.07) is 14.4. The Morgan fingerprint density at radius 3 is 1.80 bits per heavy atom. The molecule has 0 aromatic heterocycles. The van der Waals surface area contributed by atoms with Crippen LogP contribution in [-0.4, -0.2) is 11.2 Å². The minimum absolute atomic E-state index is 0.340. The number of aliphatic hydroxyl groups is 1. The van der Waals surface area contributed by atoms with Crippen molar-refractivity contribution in [1.82, 2.24) is 0 Å². The normalized spacial score (nSPS) is 13.2. The van der Waals surface area contributed by atoms with Crippen LogP contribution in [0, 0.1) is 0 Å². The summed E-state index contributed by atoms with van der Waals surface area (Å²) in [6.45, 7) is 0. The Hall–Kier alpha value is -1.81. The Labute approximate surface area is 115 Å². The molecule has 0 fully saturated rings. The summed E-state index contributed by atoms with van der Waals surface area (Å²) in [5.41, 5.74) is 1.03. The van der Waals surface area contributed by atoms with Gasteiger partial charge in [0.1, 0.15) is 0 Å². The average molecular weight is 280 g/mol. The van der Waals surface area contributed by atoms with Crippen LogP contribution in [0.4, 0.5) is 13.2 Å². The topological polar surface area (TPSA) is 20.2 Å². The highest BCUT2D eigenvalue weighted by atomic mass is 19.4. The van der Waals surface area contributed by atoms with Crippen LogP contribution in [0.15, 0.2) is 54.6 Å². The van der Waals surface area contributed by atoms with E-state index in [1.165, 1.54) is 12.1 Å². The van der Waals surface area contributed by atoms with Crippen molar-refractivity contribution in [2.24, 2.45) is 0 Å². The second-order valence-corrected chi connectivity index (χ2v) is 4.74. The fourth-order valence-electron chi connectivity index (χ4n) is 2.06. The molecule has 1 atom stereocenters. The fraction of sp³-hybridized carbons (Fsp3) is 0.250. The largest absolute Gasteiger partial charge is 0.416 e. The number of benzene rings is 2. The standard InChI is InChI=1S/C16H15F3O/c17-16(18,19)14-8-6-13(7-9-14)11-15(20)10-12-4-2-1-3-5-12/h1-9,15,20H,10-11H2. The van der Waals surface area contributed by atoms with Gasteiger partial charge in [-0.1, -0.05) is 42.5 Å². The maximum atomic E-state index is 12.4. The van der Waals surface area contributed by atoms with Crippen molar-refractivity contribution in [3.8, 4) is 0 Å². The van der Waals surface area contributed by atoms with E-state index in [4.69, 9.17) is 0 Å². The van der Waals surface area contributed by atoms with Crippen molar-refractivity contribution < 1.29 is 18.3 Å². The van der Waals surface area contributed by atoms with E-state index in [0.29, 0.717) is 18.4 Å². The molecule has 2 aromatic rings. The third-order valence-corrected chi connectivity index (χ3v) is 3.07. The van der Waals surface area contributed by atoms with Gasteiger partial charge in [0, 0.05) is 0 Å². The van der Waals surface area contributed by atoms with Crippen LogP contribution < -0.4 is 0 Å². The van der Waals surface area contributed by atoms with Gasteiger partial charge in [0.05, 0.1) is 11.7 Å². The van der Waals surface area contributed by atoms with Gasteiger partial charge in [-0.25, -0.2) is 0 Å². The van der Waals surface area contributed by atoms with E-state index in [9.17, 15) is 18.3 Å². The van der Waals surface area contributed by atoms with Crippen molar-refractivity contribution in [3.05, 3.63) is 71.3 Å². The molecule has 0 spiro atoms. The van der Waals surface area contributed by atoms with Gasteiger partial charge in [0.25, 0.3) is 0 Å². The minimum Gasteiger partial charge on any atom is -0.392 e. The molecular formula is C16H15F3O. The molecule has 106 valence electrons. The predicted molar refractivity (Wildman–Crippen MR) is 71.3 cm³/mol. The number of hydrogen-bond acceptors (Lipinski definition) is 1. The Morgan fingerprint density at radius 1 is 0.800 bits per heavy atom. The first-order valence-corrected chi connectivity index (χ1v) is 6.33. The van der Waals surface area contributed by atoms with Crippen molar-refractivity contribution >= 4 is 0 Å². The molecule has 0 heterocycles. The molecule has 0 bridgehead atoms. The lowest BCUT2D eigenvalue weighted by Gasteiger charge is -2.12. The number of hydrogen-bond donors (Lipinski definition) is 1. The first kappa shape index (κ1) is 14.6. The molecule has 0 radical (unpaired) electrons. The molecule has 1 N–H and O–H groups in total. The van der Waals surface area contributed by atoms with E-state index in [-0.39, 0.29) is 0 Å². The Bertz CT molecular complexity index is 532. The van der Waals surface area contributed by atoms with Gasteiger partial charge in [-0.15, -0.1) is 0 Å². The van der Waals surface area contributed by atoms with Gasteiger partial charge in [0.2, 0.25) is 0 Å². The molecule has 0 saturated heterocycles. The number of rotatable bonds is 4. The molecule has 1 nitrogen and oxygen atoms in total. The Morgan fingerprint density at radius 2 is 1.30 bits per heavy atom. The van der Waals surface area contributed by atoms with Gasteiger partial charge < -0.3 is 5.11 Å². The van der Waals surface area contributed by atoms with Gasteiger partial charge in [-0.3, -0.25) is 0 Å².